The van der Waals surface area contributed by atoms with Crippen LogP contribution < -0.4 is 14.8 Å². The third-order valence-electron chi connectivity index (χ3n) is 2.86. The van der Waals surface area contributed by atoms with E-state index in [1.54, 1.807) is 7.11 Å². The SMILES string of the molecule is CCCNCc1cc(Br)c(OCCCOC)c(OCC)c1. The maximum absolute atomic E-state index is 5.83. The van der Waals surface area contributed by atoms with E-state index in [4.69, 9.17) is 14.2 Å². The van der Waals surface area contributed by atoms with Crippen LogP contribution in [0.4, 0.5) is 0 Å². The second kappa shape index (κ2) is 10.9. The Balaban J connectivity index is 2.75. The highest BCUT2D eigenvalue weighted by molar-refractivity contribution is 9.10. The van der Waals surface area contributed by atoms with Crippen LogP contribution in [0.3, 0.4) is 0 Å². The Labute approximate surface area is 136 Å². The summed E-state index contributed by atoms with van der Waals surface area (Å²) in [6.45, 7) is 7.90. The van der Waals surface area contributed by atoms with Crippen LogP contribution in [0.5, 0.6) is 11.5 Å². The van der Waals surface area contributed by atoms with Crippen LogP contribution >= 0.6 is 15.9 Å². The highest BCUT2D eigenvalue weighted by Gasteiger charge is 2.12. The van der Waals surface area contributed by atoms with Crippen molar-refractivity contribution in [2.45, 2.75) is 33.2 Å². The average Bonchev–Trinajstić information content (AvgIpc) is 2.46. The molecule has 1 N–H and O–H groups in total. The largest absolute Gasteiger partial charge is 0.490 e. The number of ether oxygens (including phenoxy) is 3. The number of nitrogens with one attached hydrogen (secondary N) is 1. The molecule has 0 fully saturated rings. The van der Waals surface area contributed by atoms with Gasteiger partial charge in [0.25, 0.3) is 0 Å². The van der Waals surface area contributed by atoms with Crippen LogP contribution in [-0.2, 0) is 11.3 Å². The molecule has 0 aromatic heterocycles. The molecule has 4 nitrogen and oxygen atoms in total. The van der Waals surface area contributed by atoms with Crippen molar-refractivity contribution >= 4 is 15.9 Å². The van der Waals surface area contributed by atoms with Gasteiger partial charge < -0.3 is 19.5 Å². The zero-order chi connectivity index (χ0) is 15.5. The summed E-state index contributed by atoms with van der Waals surface area (Å²) in [7, 11) is 1.69. The minimum absolute atomic E-state index is 0.611. The fourth-order valence-electron chi connectivity index (χ4n) is 1.91. The molecule has 5 heteroatoms. The maximum Gasteiger partial charge on any atom is 0.175 e. The van der Waals surface area contributed by atoms with Crippen molar-refractivity contribution in [2.24, 2.45) is 0 Å². The van der Waals surface area contributed by atoms with E-state index in [0.29, 0.717) is 19.8 Å². The van der Waals surface area contributed by atoms with E-state index in [0.717, 1.165) is 41.9 Å². The van der Waals surface area contributed by atoms with Crippen molar-refractivity contribution in [1.29, 1.82) is 0 Å². The Bertz CT molecular complexity index is 413. The second-order valence-corrected chi connectivity index (χ2v) is 5.56. The molecule has 0 unspecified atom stereocenters. The summed E-state index contributed by atoms with van der Waals surface area (Å²) in [6.07, 6.45) is 1.98. The molecule has 0 aliphatic rings. The molecule has 0 bridgehead atoms. The smallest absolute Gasteiger partial charge is 0.175 e. The predicted molar refractivity (Wildman–Crippen MR) is 89.3 cm³/mol. The number of halogens is 1. The van der Waals surface area contributed by atoms with Gasteiger partial charge in [-0.1, -0.05) is 6.92 Å². The van der Waals surface area contributed by atoms with Crippen molar-refractivity contribution in [3.05, 3.63) is 22.2 Å². The van der Waals surface area contributed by atoms with Gasteiger partial charge in [0.15, 0.2) is 11.5 Å². The lowest BCUT2D eigenvalue weighted by Crippen LogP contribution is -2.14. The van der Waals surface area contributed by atoms with Gasteiger partial charge >= 0.3 is 0 Å². The van der Waals surface area contributed by atoms with E-state index in [1.807, 2.05) is 13.0 Å². The van der Waals surface area contributed by atoms with Crippen LogP contribution in [-0.4, -0.2) is 33.5 Å². The molecule has 120 valence electrons. The molecule has 21 heavy (non-hydrogen) atoms. The Hall–Kier alpha value is -0.780. The first-order chi connectivity index (χ1) is 10.2. The van der Waals surface area contributed by atoms with E-state index in [-0.39, 0.29) is 0 Å². The molecular weight excluding hydrogens is 334 g/mol. The first-order valence-electron chi connectivity index (χ1n) is 7.50. The molecule has 0 atom stereocenters. The summed E-state index contributed by atoms with van der Waals surface area (Å²) in [4.78, 5) is 0. The summed E-state index contributed by atoms with van der Waals surface area (Å²) in [5.41, 5.74) is 1.18. The monoisotopic (exact) mass is 359 g/mol. The molecule has 1 rings (SSSR count). The molecule has 0 saturated heterocycles. The quantitative estimate of drug-likeness (QED) is 0.610. The molecular formula is C16H26BrNO3. The molecule has 0 aliphatic carbocycles. The summed E-state index contributed by atoms with van der Waals surface area (Å²) in [5.74, 6) is 1.56. The molecule has 0 spiro atoms. The Kier molecular flexibility index (Phi) is 9.46. The lowest BCUT2D eigenvalue weighted by atomic mass is 10.2. The topological polar surface area (TPSA) is 39.7 Å². The van der Waals surface area contributed by atoms with Gasteiger partial charge in [0, 0.05) is 26.7 Å². The number of methoxy groups -OCH3 is 1. The van der Waals surface area contributed by atoms with Crippen molar-refractivity contribution in [1.82, 2.24) is 5.32 Å². The van der Waals surface area contributed by atoms with E-state index in [9.17, 15) is 0 Å². The molecule has 1 aromatic carbocycles. The van der Waals surface area contributed by atoms with Crippen LogP contribution in [0, 0.1) is 0 Å². The number of rotatable bonds is 11. The van der Waals surface area contributed by atoms with Crippen molar-refractivity contribution in [3.63, 3.8) is 0 Å². The summed E-state index contributed by atoms with van der Waals surface area (Å²) < 4.78 is 17.5. The summed E-state index contributed by atoms with van der Waals surface area (Å²) >= 11 is 3.58. The Morgan fingerprint density at radius 3 is 2.62 bits per heavy atom. The van der Waals surface area contributed by atoms with Crippen LogP contribution in [0.15, 0.2) is 16.6 Å². The van der Waals surface area contributed by atoms with Gasteiger partial charge in [0.05, 0.1) is 17.7 Å². The van der Waals surface area contributed by atoms with E-state index in [1.165, 1.54) is 5.56 Å². The zero-order valence-electron chi connectivity index (χ0n) is 13.2. The van der Waals surface area contributed by atoms with E-state index < -0.39 is 0 Å². The second-order valence-electron chi connectivity index (χ2n) is 4.71. The number of hydrogen-bond donors (Lipinski definition) is 1. The fourth-order valence-corrected chi connectivity index (χ4v) is 2.52. The molecule has 0 saturated carbocycles. The molecule has 1 aromatic rings. The third kappa shape index (κ3) is 6.68. The molecule has 0 aliphatic heterocycles. The standard InChI is InChI=1S/C16H26BrNO3/c1-4-7-18-12-13-10-14(17)16(15(11-13)20-5-2)21-9-6-8-19-3/h10-11,18H,4-9,12H2,1-3H3. The van der Waals surface area contributed by atoms with Crippen LogP contribution in [0.1, 0.15) is 32.3 Å². The number of hydrogen-bond acceptors (Lipinski definition) is 4. The average molecular weight is 360 g/mol. The van der Waals surface area contributed by atoms with E-state index >= 15 is 0 Å². The lowest BCUT2D eigenvalue weighted by Gasteiger charge is -2.15. The normalized spacial score (nSPS) is 10.7. The zero-order valence-corrected chi connectivity index (χ0v) is 14.8. The van der Waals surface area contributed by atoms with Crippen LogP contribution in [0.2, 0.25) is 0 Å². The lowest BCUT2D eigenvalue weighted by molar-refractivity contribution is 0.169. The van der Waals surface area contributed by atoms with Gasteiger partial charge in [-0.25, -0.2) is 0 Å². The van der Waals surface area contributed by atoms with Gasteiger partial charge in [0.2, 0.25) is 0 Å². The Morgan fingerprint density at radius 2 is 1.95 bits per heavy atom. The molecule has 0 amide bonds. The van der Waals surface area contributed by atoms with Crippen LogP contribution in [0.25, 0.3) is 0 Å². The van der Waals surface area contributed by atoms with Gasteiger partial charge in [-0.2, -0.15) is 0 Å². The number of benzene rings is 1. The van der Waals surface area contributed by atoms with Gasteiger partial charge in [-0.05, 0) is 53.5 Å². The molecule has 0 radical (unpaired) electrons. The van der Waals surface area contributed by atoms with Crippen molar-refractivity contribution in [3.8, 4) is 11.5 Å². The summed E-state index contributed by atoms with van der Waals surface area (Å²) in [5, 5.41) is 3.39. The van der Waals surface area contributed by atoms with E-state index in [2.05, 4.69) is 34.2 Å². The Morgan fingerprint density at radius 1 is 1.14 bits per heavy atom. The van der Waals surface area contributed by atoms with Gasteiger partial charge in [0.1, 0.15) is 0 Å². The highest BCUT2D eigenvalue weighted by Crippen LogP contribution is 2.37. The predicted octanol–water partition coefficient (Wildman–Crippen LogP) is 3.76. The minimum atomic E-state index is 0.611. The van der Waals surface area contributed by atoms with Gasteiger partial charge in [-0.15, -0.1) is 0 Å². The van der Waals surface area contributed by atoms with Crippen molar-refractivity contribution < 1.29 is 14.2 Å². The highest BCUT2D eigenvalue weighted by atomic mass is 79.9. The minimum Gasteiger partial charge on any atom is -0.490 e. The maximum atomic E-state index is 5.83. The summed E-state index contributed by atoms with van der Waals surface area (Å²) in [6, 6.07) is 4.12. The first kappa shape index (κ1) is 18.3. The third-order valence-corrected chi connectivity index (χ3v) is 3.45. The molecule has 0 heterocycles. The van der Waals surface area contributed by atoms with Gasteiger partial charge in [-0.3, -0.25) is 0 Å². The fraction of sp³-hybridized carbons (Fsp3) is 0.625. The van der Waals surface area contributed by atoms with Crippen molar-refractivity contribution in [2.75, 3.05) is 33.5 Å². The first-order valence-corrected chi connectivity index (χ1v) is 8.29.